The molecule has 0 fully saturated rings. The lowest BCUT2D eigenvalue weighted by molar-refractivity contribution is 1.25. The van der Waals surface area contributed by atoms with Crippen molar-refractivity contribution in [2.24, 2.45) is 0 Å². The molecule has 0 aliphatic rings. The van der Waals surface area contributed by atoms with Crippen LogP contribution in [0.1, 0.15) is 12.0 Å². The molecule has 0 spiro atoms. The SMILES string of the molecule is C=C/C=C(/CC=C)C(=C)/C=C\Nc1ccc(C)cc1. The minimum absolute atomic E-state index is 0.791. The van der Waals surface area contributed by atoms with Crippen molar-refractivity contribution in [3.8, 4) is 0 Å². The molecule has 0 heterocycles. The van der Waals surface area contributed by atoms with Gasteiger partial charge in [0.25, 0.3) is 0 Å². The first-order valence-corrected chi connectivity index (χ1v) is 6.29. The van der Waals surface area contributed by atoms with Gasteiger partial charge in [-0.15, -0.1) is 6.58 Å². The highest BCUT2D eigenvalue weighted by atomic mass is 14.8. The van der Waals surface area contributed by atoms with E-state index < -0.39 is 0 Å². The summed E-state index contributed by atoms with van der Waals surface area (Å²) < 4.78 is 0. The predicted octanol–water partition coefficient (Wildman–Crippen LogP) is 5.17. The minimum atomic E-state index is 0.791. The van der Waals surface area contributed by atoms with Crippen LogP contribution < -0.4 is 5.32 Å². The molecule has 0 bridgehead atoms. The largest absolute Gasteiger partial charge is 0.362 e. The maximum atomic E-state index is 4.05. The lowest BCUT2D eigenvalue weighted by Gasteiger charge is -2.04. The highest BCUT2D eigenvalue weighted by molar-refractivity contribution is 5.48. The van der Waals surface area contributed by atoms with Gasteiger partial charge in [-0.25, -0.2) is 0 Å². The van der Waals surface area contributed by atoms with E-state index in [2.05, 4.69) is 44.1 Å². The summed E-state index contributed by atoms with van der Waals surface area (Å²) in [7, 11) is 0. The van der Waals surface area contributed by atoms with Crippen LogP contribution in [0.5, 0.6) is 0 Å². The Labute approximate surface area is 116 Å². The second kappa shape index (κ2) is 7.93. The molecule has 19 heavy (non-hydrogen) atoms. The van der Waals surface area contributed by atoms with Gasteiger partial charge in [0, 0.05) is 11.9 Å². The predicted molar refractivity (Wildman–Crippen MR) is 86.2 cm³/mol. The Kier molecular flexibility index (Phi) is 6.17. The molecule has 1 nitrogen and oxygen atoms in total. The van der Waals surface area contributed by atoms with E-state index in [1.165, 1.54) is 5.56 Å². The van der Waals surface area contributed by atoms with Crippen molar-refractivity contribution in [1.29, 1.82) is 0 Å². The molecular formula is C18H21N. The standard InChI is InChI=1S/C18H21N/c1-5-7-17(8-6-2)16(4)13-14-19-18-11-9-15(3)10-12-18/h5-7,9-14,19H,1-2,4,8H2,3H3/b14-13-,17-7-. The average Bonchev–Trinajstić information content (AvgIpc) is 2.40. The number of benzene rings is 1. The molecular weight excluding hydrogens is 230 g/mol. The summed E-state index contributed by atoms with van der Waals surface area (Å²) in [5, 5.41) is 3.22. The molecule has 1 heteroatoms. The van der Waals surface area contributed by atoms with Gasteiger partial charge in [0.1, 0.15) is 0 Å². The highest BCUT2D eigenvalue weighted by Gasteiger charge is 1.96. The van der Waals surface area contributed by atoms with E-state index in [1.807, 2.05) is 36.6 Å². The number of hydrogen-bond acceptors (Lipinski definition) is 1. The van der Waals surface area contributed by atoms with Crippen molar-refractivity contribution >= 4 is 5.69 Å². The average molecular weight is 251 g/mol. The molecule has 0 unspecified atom stereocenters. The van der Waals surface area contributed by atoms with Crippen molar-refractivity contribution in [1.82, 2.24) is 0 Å². The molecule has 0 aromatic heterocycles. The van der Waals surface area contributed by atoms with E-state index in [0.717, 1.165) is 23.3 Å². The quantitative estimate of drug-likeness (QED) is 0.521. The number of allylic oxidation sites excluding steroid dienone is 6. The summed E-state index contributed by atoms with van der Waals surface area (Å²) in [4.78, 5) is 0. The van der Waals surface area contributed by atoms with Gasteiger partial charge >= 0.3 is 0 Å². The third-order valence-corrected chi connectivity index (χ3v) is 2.68. The van der Waals surface area contributed by atoms with Gasteiger partial charge in [-0.05, 0) is 42.7 Å². The Morgan fingerprint density at radius 1 is 1.21 bits per heavy atom. The van der Waals surface area contributed by atoms with Crippen LogP contribution in [0.3, 0.4) is 0 Å². The second-order valence-electron chi connectivity index (χ2n) is 4.29. The molecule has 0 amide bonds. The first-order chi connectivity index (χ1) is 9.17. The molecule has 1 aromatic rings. The molecule has 0 saturated heterocycles. The fraction of sp³-hybridized carbons (Fsp3) is 0.111. The van der Waals surface area contributed by atoms with Gasteiger partial charge in [-0.1, -0.05) is 49.1 Å². The Morgan fingerprint density at radius 2 is 1.89 bits per heavy atom. The lowest BCUT2D eigenvalue weighted by atomic mass is 10.0. The van der Waals surface area contributed by atoms with Crippen molar-refractivity contribution in [2.75, 3.05) is 5.32 Å². The number of nitrogens with one attached hydrogen (secondary N) is 1. The third kappa shape index (κ3) is 5.26. The van der Waals surface area contributed by atoms with Gasteiger partial charge in [-0.3, -0.25) is 0 Å². The Morgan fingerprint density at radius 3 is 2.47 bits per heavy atom. The molecule has 0 saturated carbocycles. The van der Waals surface area contributed by atoms with E-state index in [1.54, 1.807) is 6.08 Å². The first kappa shape index (κ1) is 14.8. The number of hydrogen-bond donors (Lipinski definition) is 1. The van der Waals surface area contributed by atoms with Crippen molar-refractivity contribution in [3.05, 3.63) is 91.2 Å². The summed E-state index contributed by atoms with van der Waals surface area (Å²) >= 11 is 0. The van der Waals surface area contributed by atoms with Crippen LogP contribution in [0.2, 0.25) is 0 Å². The summed E-state index contributed by atoms with van der Waals surface area (Å²) in [5.74, 6) is 0. The Hall–Kier alpha value is -2.28. The van der Waals surface area contributed by atoms with Gasteiger partial charge in [0.15, 0.2) is 0 Å². The summed E-state index contributed by atoms with van der Waals surface area (Å²) in [6.45, 7) is 13.6. The molecule has 0 aliphatic carbocycles. The molecule has 1 rings (SSSR count). The van der Waals surface area contributed by atoms with Crippen LogP contribution in [0.4, 0.5) is 5.69 Å². The van der Waals surface area contributed by atoms with Gasteiger partial charge in [0.05, 0.1) is 0 Å². The van der Waals surface area contributed by atoms with Crippen LogP contribution in [-0.2, 0) is 0 Å². The van der Waals surface area contributed by atoms with Crippen LogP contribution in [0, 0.1) is 6.92 Å². The molecule has 98 valence electrons. The highest BCUT2D eigenvalue weighted by Crippen LogP contribution is 2.15. The monoisotopic (exact) mass is 251 g/mol. The number of aryl methyl sites for hydroxylation is 1. The summed E-state index contributed by atoms with van der Waals surface area (Å²) in [6.07, 6.45) is 10.2. The first-order valence-electron chi connectivity index (χ1n) is 6.29. The summed E-state index contributed by atoms with van der Waals surface area (Å²) in [5.41, 5.74) is 4.39. The summed E-state index contributed by atoms with van der Waals surface area (Å²) in [6, 6.07) is 8.25. The zero-order chi connectivity index (χ0) is 14.1. The van der Waals surface area contributed by atoms with E-state index in [-0.39, 0.29) is 0 Å². The van der Waals surface area contributed by atoms with Gasteiger partial charge in [-0.2, -0.15) is 0 Å². The van der Waals surface area contributed by atoms with E-state index in [0.29, 0.717) is 0 Å². The van der Waals surface area contributed by atoms with E-state index in [4.69, 9.17) is 0 Å². The molecule has 1 aromatic carbocycles. The van der Waals surface area contributed by atoms with Crippen LogP contribution >= 0.6 is 0 Å². The van der Waals surface area contributed by atoms with Crippen LogP contribution in [0.15, 0.2) is 85.7 Å². The van der Waals surface area contributed by atoms with Crippen molar-refractivity contribution in [2.45, 2.75) is 13.3 Å². The second-order valence-corrected chi connectivity index (χ2v) is 4.29. The topological polar surface area (TPSA) is 12.0 Å². The van der Waals surface area contributed by atoms with E-state index >= 15 is 0 Å². The molecule has 0 atom stereocenters. The fourth-order valence-corrected chi connectivity index (χ4v) is 1.60. The van der Waals surface area contributed by atoms with Gasteiger partial charge in [0.2, 0.25) is 0 Å². The Balaban J connectivity index is 2.62. The zero-order valence-corrected chi connectivity index (χ0v) is 11.5. The van der Waals surface area contributed by atoms with Gasteiger partial charge < -0.3 is 5.32 Å². The zero-order valence-electron chi connectivity index (χ0n) is 11.5. The molecule has 0 radical (unpaired) electrons. The number of rotatable bonds is 7. The van der Waals surface area contributed by atoms with Crippen LogP contribution in [-0.4, -0.2) is 0 Å². The lowest BCUT2D eigenvalue weighted by Crippen LogP contribution is -1.89. The van der Waals surface area contributed by atoms with Crippen LogP contribution in [0.25, 0.3) is 0 Å². The maximum absolute atomic E-state index is 4.05. The van der Waals surface area contributed by atoms with E-state index in [9.17, 15) is 0 Å². The molecule has 1 N–H and O–H groups in total. The number of anilines is 1. The molecule has 0 aliphatic heterocycles. The van der Waals surface area contributed by atoms with Crippen molar-refractivity contribution < 1.29 is 0 Å². The van der Waals surface area contributed by atoms with Crippen molar-refractivity contribution in [3.63, 3.8) is 0 Å². The minimum Gasteiger partial charge on any atom is -0.362 e. The maximum Gasteiger partial charge on any atom is 0.0379 e. The normalized spacial score (nSPS) is 11.3. The third-order valence-electron chi connectivity index (χ3n) is 2.68. The smallest absolute Gasteiger partial charge is 0.0379 e. The fourth-order valence-electron chi connectivity index (χ4n) is 1.60. The Bertz CT molecular complexity index is 501.